The molecule has 0 aromatic heterocycles. The van der Waals surface area contributed by atoms with Crippen molar-refractivity contribution in [3.8, 4) is 23.0 Å². The summed E-state index contributed by atoms with van der Waals surface area (Å²) in [5.74, 6) is 1.97. The zero-order chi connectivity index (χ0) is 14.1. The van der Waals surface area contributed by atoms with Gasteiger partial charge in [-0.2, -0.15) is 0 Å². The fraction of sp³-hybridized carbons (Fsp3) is 0.250. The Labute approximate surface area is 117 Å². The van der Waals surface area contributed by atoms with Crippen molar-refractivity contribution in [1.29, 1.82) is 0 Å². The molecule has 0 radical (unpaired) electrons. The van der Waals surface area contributed by atoms with Crippen LogP contribution < -0.4 is 9.47 Å². The van der Waals surface area contributed by atoms with Gasteiger partial charge in [-0.25, -0.2) is 0 Å². The minimum absolute atomic E-state index is 0.169. The van der Waals surface area contributed by atoms with Crippen LogP contribution in [-0.4, -0.2) is 23.9 Å². The third kappa shape index (κ3) is 2.25. The molecule has 0 amide bonds. The van der Waals surface area contributed by atoms with E-state index < -0.39 is 0 Å². The van der Waals surface area contributed by atoms with Gasteiger partial charge >= 0.3 is 0 Å². The molecular weight excluding hydrogens is 256 g/mol. The van der Waals surface area contributed by atoms with Gasteiger partial charge < -0.3 is 19.7 Å². The summed E-state index contributed by atoms with van der Waals surface area (Å²) in [5, 5.41) is 19.0. The molecule has 2 N–H and O–H groups in total. The van der Waals surface area contributed by atoms with Gasteiger partial charge in [-0.15, -0.1) is 0 Å². The quantitative estimate of drug-likeness (QED) is 0.882. The minimum atomic E-state index is 0.169. The van der Waals surface area contributed by atoms with Crippen LogP contribution in [0.4, 0.5) is 0 Å². The molecule has 0 saturated heterocycles. The van der Waals surface area contributed by atoms with Gasteiger partial charge in [0.15, 0.2) is 0 Å². The fourth-order valence-corrected chi connectivity index (χ4v) is 2.60. The molecule has 0 unspecified atom stereocenters. The molecule has 1 aliphatic rings. The Morgan fingerprint density at radius 3 is 2.65 bits per heavy atom. The number of hydrogen-bond acceptors (Lipinski definition) is 4. The van der Waals surface area contributed by atoms with Crippen LogP contribution in [0.5, 0.6) is 23.0 Å². The summed E-state index contributed by atoms with van der Waals surface area (Å²) in [5.41, 5.74) is 2.08. The second-order valence-corrected chi connectivity index (χ2v) is 4.93. The topological polar surface area (TPSA) is 58.9 Å². The van der Waals surface area contributed by atoms with Crippen LogP contribution in [0.1, 0.15) is 17.0 Å². The summed E-state index contributed by atoms with van der Waals surface area (Å²) in [6.45, 7) is 0.525. The smallest absolute Gasteiger partial charge is 0.126 e. The zero-order valence-electron chi connectivity index (χ0n) is 11.2. The molecule has 20 heavy (non-hydrogen) atoms. The van der Waals surface area contributed by atoms with E-state index in [0.29, 0.717) is 12.4 Å². The van der Waals surface area contributed by atoms with E-state index in [0.717, 1.165) is 23.3 Å². The summed E-state index contributed by atoms with van der Waals surface area (Å²) in [6, 6.07) is 10.3. The Morgan fingerprint density at radius 1 is 1.10 bits per heavy atom. The number of phenolic OH excluding ortho intramolecular Hbond substituents is 2. The van der Waals surface area contributed by atoms with Crippen LogP contribution in [0.15, 0.2) is 36.4 Å². The minimum Gasteiger partial charge on any atom is -0.508 e. The number of hydrogen-bond donors (Lipinski definition) is 2. The van der Waals surface area contributed by atoms with Crippen LogP contribution in [0.2, 0.25) is 0 Å². The second-order valence-electron chi connectivity index (χ2n) is 4.93. The monoisotopic (exact) mass is 272 g/mol. The van der Waals surface area contributed by atoms with E-state index >= 15 is 0 Å². The molecule has 0 fully saturated rings. The summed E-state index contributed by atoms with van der Waals surface area (Å²) in [4.78, 5) is 0. The zero-order valence-corrected chi connectivity index (χ0v) is 11.2. The molecular formula is C16H16O4. The van der Waals surface area contributed by atoms with Gasteiger partial charge in [-0.05, 0) is 24.1 Å². The maximum Gasteiger partial charge on any atom is 0.126 e. The third-order valence-corrected chi connectivity index (χ3v) is 3.61. The molecule has 2 aromatic rings. The molecule has 0 bridgehead atoms. The van der Waals surface area contributed by atoms with Gasteiger partial charge in [0, 0.05) is 23.6 Å². The van der Waals surface area contributed by atoms with E-state index in [-0.39, 0.29) is 17.4 Å². The van der Waals surface area contributed by atoms with Crippen molar-refractivity contribution in [2.45, 2.75) is 12.3 Å². The van der Waals surface area contributed by atoms with E-state index in [9.17, 15) is 10.2 Å². The highest BCUT2D eigenvalue weighted by atomic mass is 16.5. The molecule has 3 rings (SSSR count). The summed E-state index contributed by atoms with van der Waals surface area (Å²) >= 11 is 0. The van der Waals surface area contributed by atoms with E-state index in [1.54, 1.807) is 31.4 Å². The molecule has 1 atom stereocenters. The maximum atomic E-state index is 9.52. The number of fused-ring (bicyclic) bond motifs is 1. The van der Waals surface area contributed by atoms with Crippen molar-refractivity contribution in [2.24, 2.45) is 0 Å². The number of ether oxygens (including phenoxy) is 2. The average Bonchev–Trinajstić information content (AvgIpc) is 2.46. The maximum absolute atomic E-state index is 9.52. The number of aromatic hydroxyl groups is 2. The van der Waals surface area contributed by atoms with Gasteiger partial charge in [-0.1, -0.05) is 12.1 Å². The van der Waals surface area contributed by atoms with Crippen LogP contribution in [0.25, 0.3) is 0 Å². The Morgan fingerprint density at radius 2 is 1.85 bits per heavy atom. The SMILES string of the molecule is COc1cc(O)ccc1[C@@H]1COc2cc(O)ccc2C1. The Balaban J connectivity index is 1.92. The normalized spacial score (nSPS) is 17.1. The number of benzene rings is 2. The van der Waals surface area contributed by atoms with Crippen molar-refractivity contribution in [3.63, 3.8) is 0 Å². The van der Waals surface area contributed by atoms with Gasteiger partial charge in [0.25, 0.3) is 0 Å². The van der Waals surface area contributed by atoms with Crippen LogP contribution >= 0.6 is 0 Å². The van der Waals surface area contributed by atoms with E-state index in [1.165, 1.54) is 0 Å². The van der Waals surface area contributed by atoms with Crippen molar-refractivity contribution in [2.75, 3.05) is 13.7 Å². The molecule has 0 aliphatic carbocycles. The highest BCUT2D eigenvalue weighted by Gasteiger charge is 2.24. The first-order valence-corrected chi connectivity index (χ1v) is 6.49. The first-order valence-electron chi connectivity index (χ1n) is 6.49. The summed E-state index contributed by atoms with van der Waals surface area (Å²) < 4.78 is 11.1. The molecule has 4 heteroatoms. The molecule has 2 aromatic carbocycles. The largest absolute Gasteiger partial charge is 0.508 e. The van der Waals surface area contributed by atoms with Gasteiger partial charge in [0.05, 0.1) is 13.7 Å². The van der Waals surface area contributed by atoms with E-state index in [2.05, 4.69) is 0 Å². The Bertz CT molecular complexity index is 636. The molecule has 1 heterocycles. The molecule has 1 aliphatic heterocycles. The highest BCUT2D eigenvalue weighted by molar-refractivity contribution is 5.47. The fourth-order valence-electron chi connectivity index (χ4n) is 2.60. The van der Waals surface area contributed by atoms with Crippen molar-refractivity contribution >= 4 is 0 Å². The van der Waals surface area contributed by atoms with Crippen molar-refractivity contribution in [3.05, 3.63) is 47.5 Å². The molecule has 104 valence electrons. The highest BCUT2D eigenvalue weighted by Crippen LogP contribution is 2.38. The summed E-state index contributed by atoms with van der Waals surface area (Å²) in [6.07, 6.45) is 0.816. The van der Waals surface area contributed by atoms with Crippen LogP contribution in [0, 0.1) is 0 Å². The first-order chi connectivity index (χ1) is 9.67. The standard InChI is InChI=1S/C16H16O4/c1-19-16-8-13(18)4-5-14(16)11-6-10-2-3-12(17)7-15(10)20-9-11/h2-5,7-8,11,17-18H,6,9H2,1H3/t11-/m0/s1. The second kappa shape index (κ2) is 4.96. The van der Waals surface area contributed by atoms with E-state index in [1.807, 2.05) is 12.1 Å². The lowest BCUT2D eigenvalue weighted by molar-refractivity contribution is 0.257. The van der Waals surface area contributed by atoms with Gasteiger partial charge in [0.2, 0.25) is 0 Å². The van der Waals surface area contributed by atoms with Crippen LogP contribution in [0.3, 0.4) is 0 Å². The number of methoxy groups -OCH3 is 1. The van der Waals surface area contributed by atoms with Crippen molar-refractivity contribution < 1.29 is 19.7 Å². The van der Waals surface area contributed by atoms with Gasteiger partial charge in [0.1, 0.15) is 23.0 Å². The lowest BCUT2D eigenvalue weighted by Gasteiger charge is -2.26. The predicted molar refractivity (Wildman–Crippen MR) is 74.7 cm³/mol. The Kier molecular flexibility index (Phi) is 3.14. The first kappa shape index (κ1) is 12.7. The third-order valence-electron chi connectivity index (χ3n) is 3.61. The average molecular weight is 272 g/mol. The van der Waals surface area contributed by atoms with Crippen molar-refractivity contribution in [1.82, 2.24) is 0 Å². The van der Waals surface area contributed by atoms with Crippen LogP contribution in [-0.2, 0) is 6.42 Å². The Hall–Kier alpha value is -2.36. The van der Waals surface area contributed by atoms with Gasteiger partial charge in [-0.3, -0.25) is 0 Å². The molecule has 0 spiro atoms. The van der Waals surface area contributed by atoms with E-state index in [4.69, 9.17) is 9.47 Å². The molecule has 0 saturated carbocycles. The number of rotatable bonds is 2. The lowest BCUT2D eigenvalue weighted by Crippen LogP contribution is -2.19. The number of phenols is 2. The summed E-state index contributed by atoms with van der Waals surface area (Å²) in [7, 11) is 1.59. The predicted octanol–water partition coefficient (Wildman–Crippen LogP) is 2.83. The molecule has 4 nitrogen and oxygen atoms in total. The lowest BCUT2D eigenvalue weighted by atomic mass is 9.89.